The Bertz CT molecular complexity index is 779. The molecule has 1 N–H and O–H groups in total. The van der Waals surface area contributed by atoms with Gasteiger partial charge in [0.15, 0.2) is 0 Å². The van der Waals surface area contributed by atoms with Crippen LogP contribution in [0, 0.1) is 3.57 Å². The molecule has 2 radical (unpaired) electrons. The number of aromatic amines is 1. The number of fused-ring (bicyclic) bond motifs is 1. The van der Waals surface area contributed by atoms with Gasteiger partial charge in [0.25, 0.3) is 0 Å². The molecule has 0 saturated heterocycles. The summed E-state index contributed by atoms with van der Waals surface area (Å²) in [5.74, 6) is 0.830. The van der Waals surface area contributed by atoms with E-state index < -0.39 is 0 Å². The normalized spacial score (nSPS) is 10.9. The van der Waals surface area contributed by atoms with Crippen molar-refractivity contribution in [2.75, 3.05) is 7.11 Å². The average molecular weight is 458 g/mol. The van der Waals surface area contributed by atoms with E-state index in [1.54, 1.807) is 18.9 Å². The summed E-state index contributed by atoms with van der Waals surface area (Å²) in [4.78, 5) is 17.1. The molecule has 3 aromatic rings. The Kier molecular flexibility index (Phi) is 4.18. The van der Waals surface area contributed by atoms with Crippen LogP contribution in [-0.4, -0.2) is 43.9 Å². The number of nitrogens with one attached hydrogen (secondary N) is 1. The minimum atomic E-state index is 0.677. The van der Waals surface area contributed by atoms with Gasteiger partial charge in [-0.15, -0.1) is 0 Å². The molecule has 0 aliphatic rings. The summed E-state index contributed by atoms with van der Waals surface area (Å²) < 4.78 is 7.23. The monoisotopic (exact) mass is 458 g/mol. The molecule has 0 aliphatic heterocycles. The summed E-state index contributed by atoms with van der Waals surface area (Å²) in [6.07, 6.45) is 1.51. The zero-order valence-electron chi connectivity index (χ0n) is 10.3. The summed E-state index contributed by atoms with van der Waals surface area (Å²) >= 11 is 6.26. The van der Waals surface area contributed by atoms with Crippen molar-refractivity contribution in [1.29, 1.82) is 0 Å². The second-order valence-electron chi connectivity index (χ2n) is 3.84. The molecule has 0 atom stereocenters. The number of H-pyrrole nitrogens is 1. The number of ether oxygens (including phenoxy) is 1. The Balaban J connectivity index is 1.99. The van der Waals surface area contributed by atoms with E-state index in [2.05, 4.69) is 59.4 Å². The van der Waals surface area contributed by atoms with Gasteiger partial charge >= 0.3 is 143 Å². The van der Waals surface area contributed by atoms with E-state index in [1.807, 2.05) is 18.2 Å². The number of halogens is 1. The Labute approximate surface area is 142 Å². The molecule has 20 heavy (non-hydrogen) atoms. The van der Waals surface area contributed by atoms with Crippen molar-refractivity contribution in [2.45, 2.75) is 10.1 Å². The van der Waals surface area contributed by atoms with Gasteiger partial charge in [0.05, 0.1) is 0 Å². The van der Waals surface area contributed by atoms with Crippen molar-refractivity contribution < 1.29 is 4.74 Å². The molecule has 8 heteroatoms. The van der Waals surface area contributed by atoms with Crippen LogP contribution in [0.3, 0.4) is 0 Å². The number of aromatic nitrogens is 4. The molecule has 2 heterocycles. The first-order chi connectivity index (χ1) is 9.67. The number of rotatable bonds is 3. The Morgan fingerprint density at radius 2 is 2.20 bits per heavy atom. The predicted octanol–water partition coefficient (Wildman–Crippen LogP) is 1.91. The second kappa shape index (κ2) is 5.91. The molecule has 2 aromatic heterocycles. The van der Waals surface area contributed by atoms with Gasteiger partial charge in [0.1, 0.15) is 0 Å². The van der Waals surface area contributed by atoms with Gasteiger partial charge in [0, 0.05) is 0 Å². The van der Waals surface area contributed by atoms with Crippen LogP contribution < -0.4 is 9.22 Å². The van der Waals surface area contributed by atoms with Gasteiger partial charge in [0.2, 0.25) is 0 Å². The number of methoxy groups -OCH3 is 1. The van der Waals surface area contributed by atoms with Crippen LogP contribution in [0.4, 0.5) is 0 Å². The maximum absolute atomic E-state index is 5.25. The molecule has 5 nitrogen and oxygen atoms in total. The average Bonchev–Trinajstić information content (AvgIpc) is 2.85. The predicted molar refractivity (Wildman–Crippen MR) is 86.9 cm³/mol. The van der Waals surface area contributed by atoms with E-state index in [0.717, 1.165) is 29.4 Å². The molecule has 0 saturated carbocycles. The number of hydrogen-bond donors (Lipinski definition) is 1. The molecule has 1 aromatic carbocycles. The van der Waals surface area contributed by atoms with Crippen molar-refractivity contribution in [1.82, 2.24) is 19.9 Å². The Morgan fingerprint density at radius 1 is 1.35 bits per heavy atom. The summed E-state index contributed by atoms with van der Waals surface area (Å²) in [7, 11) is 1.66. The van der Waals surface area contributed by atoms with Crippen LogP contribution in [0.15, 0.2) is 34.6 Å². The third-order valence-corrected chi connectivity index (χ3v) is 5.55. The topological polar surface area (TPSA) is 63.7 Å². The van der Waals surface area contributed by atoms with Gasteiger partial charge < -0.3 is 0 Å². The van der Waals surface area contributed by atoms with Crippen molar-refractivity contribution in [3.63, 3.8) is 0 Å². The number of nitrogens with zero attached hydrogens (tertiary/aromatic N) is 3. The molecule has 100 valence electrons. The number of imidazole rings is 1. The first kappa shape index (κ1) is 14.2. The van der Waals surface area contributed by atoms with Crippen LogP contribution in [0.2, 0.25) is 0 Å². The van der Waals surface area contributed by atoms with Gasteiger partial charge in [-0.1, -0.05) is 0 Å². The summed E-state index contributed by atoms with van der Waals surface area (Å²) in [6, 6.07) is 5.96. The molecule has 0 unspecified atom stereocenters. The first-order valence-electron chi connectivity index (χ1n) is 5.58. The fourth-order valence-corrected chi connectivity index (χ4v) is 3.57. The Morgan fingerprint density at radius 3 is 2.95 bits per heavy atom. The van der Waals surface area contributed by atoms with E-state index in [1.165, 1.54) is 6.33 Å². The minimum absolute atomic E-state index is 0.677. The third-order valence-electron chi connectivity index (χ3n) is 2.59. The third kappa shape index (κ3) is 2.80. The maximum atomic E-state index is 5.25. The van der Waals surface area contributed by atoms with E-state index in [0.29, 0.717) is 5.65 Å². The van der Waals surface area contributed by atoms with E-state index in [4.69, 9.17) is 4.74 Å². The van der Waals surface area contributed by atoms with Gasteiger partial charge in [-0.25, -0.2) is 0 Å². The summed E-state index contributed by atoms with van der Waals surface area (Å²) in [5.41, 5.74) is 1.53. The fraction of sp³-hybridized carbons (Fsp3) is 0.0833. The first-order valence-corrected chi connectivity index (χ1v) is 8.42. The molecule has 0 fully saturated rings. The molecular weight excluding hydrogens is 450 g/mol. The molecule has 3 rings (SSSR count). The standard InChI is InChI=1S/C12H8AsIN4OS/c1-19-6-2-3-7(14)8(4-6)20-12-17-9-10(13)15-5-16-11(9)18-12/h2-5H,1H3,(H,15,16,17,18). The van der Waals surface area contributed by atoms with Gasteiger partial charge in [-0.3, -0.25) is 0 Å². The van der Waals surface area contributed by atoms with E-state index >= 15 is 0 Å². The van der Waals surface area contributed by atoms with E-state index in [-0.39, 0.29) is 0 Å². The van der Waals surface area contributed by atoms with Crippen molar-refractivity contribution in [2.24, 2.45) is 0 Å². The van der Waals surface area contributed by atoms with Crippen LogP contribution in [-0.2, 0) is 0 Å². The van der Waals surface area contributed by atoms with Crippen LogP contribution in [0.25, 0.3) is 11.2 Å². The number of hydrogen-bond acceptors (Lipinski definition) is 5. The molecule has 0 amide bonds. The fourth-order valence-electron chi connectivity index (χ4n) is 1.64. The Hall–Kier alpha value is -0.792. The van der Waals surface area contributed by atoms with Crippen molar-refractivity contribution >= 4 is 66.9 Å². The van der Waals surface area contributed by atoms with Crippen molar-refractivity contribution in [3.05, 3.63) is 28.1 Å². The molecule has 0 spiro atoms. The summed E-state index contributed by atoms with van der Waals surface area (Å²) in [6.45, 7) is 0. The summed E-state index contributed by atoms with van der Waals surface area (Å²) in [5, 5.41) is 0.791. The second-order valence-corrected chi connectivity index (χ2v) is 6.92. The quantitative estimate of drug-likeness (QED) is 0.480. The van der Waals surface area contributed by atoms with Crippen LogP contribution in [0.1, 0.15) is 0 Å². The zero-order valence-corrected chi connectivity index (χ0v) is 15.1. The number of benzene rings is 1. The van der Waals surface area contributed by atoms with E-state index in [9.17, 15) is 0 Å². The van der Waals surface area contributed by atoms with Crippen molar-refractivity contribution in [3.8, 4) is 5.75 Å². The zero-order chi connectivity index (χ0) is 14.1. The molecular formula is C12H8AsIN4OS. The van der Waals surface area contributed by atoms with Gasteiger partial charge in [-0.05, 0) is 0 Å². The SMILES string of the molecule is COc1ccc(I)c(Sc2nc3ncnc([As])c3[nH]2)c1. The van der Waals surface area contributed by atoms with Gasteiger partial charge in [-0.2, -0.15) is 0 Å². The van der Waals surface area contributed by atoms with Crippen LogP contribution >= 0.6 is 34.4 Å². The van der Waals surface area contributed by atoms with Crippen LogP contribution in [0.5, 0.6) is 5.75 Å². The molecule has 0 bridgehead atoms. The molecule has 0 aliphatic carbocycles.